The Morgan fingerprint density at radius 1 is 1.24 bits per heavy atom. The van der Waals surface area contributed by atoms with E-state index < -0.39 is 0 Å². The van der Waals surface area contributed by atoms with Gasteiger partial charge in [-0.05, 0) is 31.4 Å². The van der Waals surface area contributed by atoms with E-state index in [4.69, 9.17) is 9.15 Å². The molecule has 2 heterocycles. The van der Waals surface area contributed by atoms with E-state index in [0.717, 1.165) is 30.2 Å². The molecule has 1 aromatic heterocycles. The molecule has 1 aliphatic rings. The van der Waals surface area contributed by atoms with Crippen LogP contribution in [0.4, 0.5) is 0 Å². The molecule has 17 heavy (non-hydrogen) atoms. The molecule has 88 valence electrons. The molecular formula is C14H14O3. The number of para-hydroxylation sites is 1. The molecule has 0 bridgehead atoms. The lowest BCUT2D eigenvalue weighted by Crippen LogP contribution is -2.27. The Labute approximate surface area is 99.4 Å². The van der Waals surface area contributed by atoms with E-state index in [2.05, 4.69) is 0 Å². The number of ketones is 1. The molecule has 0 spiro atoms. The van der Waals surface area contributed by atoms with Crippen molar-refractivity contribution in [2.24, 2.45) is 0 Å². The summed E-state index contributed by atoms with van der Waals surface area (Å²) in [5.41, 5.74) is 0.756. The van der Waals surface area contributed by atoms with Gasteiger partial charge in [0.05, 0.1) is 0 Å². The van der Waals surface area contributed by atoms with Crippen LogP contribution in [0.3, 0.4) is 0 Å². The van der Waals surface area contributed by atoms with Crippen LogP contribution in [0.2, 0.25) is 0 Å². The van der Waals surface area contributed by atoms with Crippen LogP contribution in [0.15, 0.2) is 34.7 Å². The molecule has 3 heteroatoms. The van der Waals surface area contributed by atoms with Crippen molar-refractivity contribution in [2.75, 3.05) is 6.61 Å². The lowest BCUT2D eigenvalue weighted by atomic mass is 10.0. The van der Waals surface area contributed by atoms with Crippen molar-refractivity contribution < 1.29 is 13.9 Å². The van der Waals surface area contributed by atoms with Crippen molar-refractivity contribution in [1.82, 2.24) is 0 Å². The number of benzene rings is 1. The van der Waals surface area contributed by atoms with Gasteiger partial charge >= 0.3 is 0 Å². The van der Waals surface area contributed by atoms with Crippen LogP contribution in [0.25, 0.3) is 11.0 Å². The first-order valence-corrected chi connectivity index (χ1v) is 5.99. The molecule has 0 radical (unpaired) electrons. The van der Waals surface area contributed by atoms with Crippen LogP contribution in [-0.2, 0) is 4.74 Å². The summed E-state index contributed by atoms with van der Waals surface area (Å²) in [6.45, 7) is 0.677. The highest BCUT2D eigenvalue weighted by molar-refractivity contribution is 6.00. The van der Waals surface area contributed by atoms with Crippen LogP contribution >= 0.6 is 0 Å². The van der Waals surface area contributed by atoms with Crippen molar-refractivity contribution in [3.63, 3.8) is 0 Å². The highest BCUT2D eigenvalue weighted by Gasteiger charge is 2.25. The molecule has 1 aliphatic heterocycles. The summed E-state index contributed by atoms with van der Waals surface area (Å²) in [6, 6.07) is 9.45. The maximum absolute atomic E-state index is 12.2. The molecule has 1 fully saturated rings. The molecule has 1 aromatic carbocycles. The van der Waals surface area contributed by atoms with Gasteiger partial charge in [-0.2, -0.15) is 0 Å². The molecule has 0 aliphatic carbocycles. The fourth-order valence-corrected chi connectivity index (χ4v) is 2.21. The Balaban J connectivity index is 1.89. The van der Waals surface area contributed by atoms with E-state index >= 15 is 0 Å². The van der Waals surface area contributed by atoms with Crippen LogP contribution in [-0.4, -0.2) is 18.5 Å². The third-order valence-corrected chi connectivity index (χ3v) is 3.14. The molecular weight excluding hydrogens is 216 g/mol. The number of Topliss-reactive ketones (excluding diaryl/α,β-unsaturated/α-hetero) is 1. The van der Waals surface area contributed by atoms with E-state index in [1.54, 1.807) is 6.07 Å². The minimum atomic E-state index is -0.315. The average Bonchev–Trinajstić information content (AvgIpc) is 2.82. The van der Waals surface area contributed by atoms with Gasteiger partial charge in [-0.1, -0.05) is 18.2 Å². The van der Waals surface area contributed by atoms with Gasteiger partial charge in [0.1, 0.15) is 11.7 Å². The van der Waals surface area contributed by atoms with Gasteiger partial charge in [-0.15, -0.1) is 0 Å². The van der Waals surface area contributed by atoms with Gasteiger partial charge in [0, 0.05) is 12.0 Å². The molecule has 3 rings (SSSR count). The van der Waals surface area contributed by atoms with Gasteiger partial charge in [0.25, 0.3) is 0 Å². The fourth-order valence-electron chi connectivity index (χ4n) is 2.21. The Hall–Kier alpha value is -1.61. The lowest BCUT2D eigenvalue weighted by Gasteiger charge is -2.20. The first-order valence-electron chi connectivity index (χ1n) is 5.99. The molecule has 1 saturated heterocycles. The van der Waals surface area contributed by atoms with E-state index in [9.17, 15) is 4.79 Å². The zero-order valence-electron chi connectivity index (χ0n) is 9.52. The second kappa shape index (κ2) is 4.34. The number of hydrogen-bond acceptors (Lipinski definition) is 3. The summed E-state index contributed by atoms with van der Waals surface area (Å²) < 4.78 is 11.0. The standard InChI is InChI=1S/C14H14O3/c15-14(12-7-3-4-8-16-12)13-9-10-5-1-2-6-11(10)17-13/h1-2,5-6,9,12H,3-4,7-8H2. The van der Waals surface area contributed by atoms with E-state index in [1.807, 2.05) is 24.3 Å². The number of carbonyl (C=O) groups is 1. The highest BCUT2D eigenvalue weighted by Crippen LogP contribution is 2.23. The number of furan rings is 1. The summed E-state index contributed by atoms with van der Waals surface area (Å²) in [6.07, 6.45) is 2.58. The zero-order valence-corrected chi connectivity index (χ0v) is 9.52. The number of hydrogen-bond donors (Lipinski definition) is 0. The molecule has 1 atom stereocenters. The molecule has 0 saturated carbocycles. The van der Waals surface area contributed by atoms with Crippen LogP contribution in [0.5, 0.6) is 0 Å². The van der Waals surface area contributed by atoms with Gasteiger partial charge in [-0.3, -0.25) is 4.79 Å². The van der Waals surface area contributed by atoms with Crippen LogP contribution < -0.4 is 0 Å². The summed E-state index contributed by atoms with van der Waals surface area (Å²) in [7, 11) is 0. The summed E-state index contributed by atoms with van der Waals surface area (Å²) in [5, 5.41) is 0.964. The normalized spacial score (nSPS) is 20.6. The van der Waals surface area contributed by atoms with Gasteiger partial charge in [-0.25, -0.2) is 0 Å². The maximum Gasteiger partial charge on any atom is 0.226 e. The SMILES string of the molecule is O=C(c1cc2ccccc2o1)C1CCCCO1. The predicted molar refractivity (Wildman–Crippen MR) is 64.1 cm³/mol. The van der Waals surface area contributed by atoms with E-state index in [1.165, 1.54) is 0 Å². The smallest absolute Gasteiger partial charge is 0.226 e. The maximum atomic E-state index is 12.2. The third kappa shape index (κ3) is 1.98. The van der Waals surface area contributed by atoms with E-state index in [0.29, 0.717) is 12.4 Å². The van der Waals surface area contributed by atoms with Crippen molar-refractivity contribution in [1.29, 1.82) is 0 Å². The van der Waals surface area contributed by atoms with Crippen LogP contribution in [0.1, 0.15) is 29.8 Å². The van der Waals surface area contributed by atoms with Gasteiger partial charge < -0.3 is 9.15 Å². The quantitative estimate of drug-likeness (QED) is 0.744. The van der Waals surface area contributed by atoms with Gasteiger partial charge in [0.15, 0.2) is 5.76 Å². The largest absolute Gasteiger partial charge is 0.453 e. The summed E-state index contributed by atoms with van der Waals surface area (Å²) in [4.78, 5) is 12.2. The molecule has 3 nitrogen and oxygen atoms in total. The molecule has 1 unspecified atom stereocenters. The monoisotopic (exact) mass is 230 g/mol. The Kier molecular flexibility index (Phi) is 2.69. The Bertz CT molecular complexity index is 502. The van der Waals surface area contributed by atoms with Crippen molar-refractivity contribution in [3.05, 3.63) is 36.1 Å². The predicted octanol–water partition coefficient (Wildman–Crippen LogP) is 3.18. The summed E-state index contributed by atoms with van der Waals surface area (Å²) >= 11 is 0. The number of carbonyl (C=O) groups excluding carboxylic acids is 1. The molecule has 0 N–H and O–H groups in total. The minimum Gasteiger partial charge on any atom is -0.453 e. The zero-order chi connectivity index (χ0) is 11.7. The topological polar surface area (TPSA) is 39.4 Å². The number of rotatable bonds is 2. The second-order valence-electron chi connectivity index (χ2n) is 4.37. The second-order valence-corrected chi connectivity index (χ2v) is 4.37. The summed E-state index contributed by atoms with van der Waals surface area (Å²) in [5.74, 6) is 0.388. The van der Waals surface area contributed by atoms with Crippen molar-refractivity contribution >= 4 is 16.8 Å². The minimum absolute atomic E-state index is 0.0269. The number of ether oxygens (including phenoxy) is 1. The first-order chi connectivity index (χ1) is 8.34. The van der Waals surface area contributed by atoms with Crippen molar-refractivity contribution in [3.8, 4) is 0 Å². The Morgan fingerprint density at radius 2 is 2.12 bits per heavy atom. The average molecular weight is 230 g/mol. The molecule has 2 aromatic rings. The molecule has 0 amide bonds. The van der Waals surface area contributed by atoms with Crippen LogP contribution in [0, 0.1) is 0 Å². The van der Waals surface area contributed by atoms with Gasteiger partial charge in [0.2, 0.25) is 5.78 Å². The Morgan fingerprint density at radius 3 is 2.88 bits per heavy atom. The first kappa shape index (κ1) is 10.5. The van der Waals surface area contributed by atoms with Crippen molar-refractivity contribution in [2.45, 2.75) is 25.4 Å². The number of fused-ring (bicyclic) bond motifs is 1. The lowest BCUT2D eigenvalue weighted by molar-refractivity contribution is 0.0169. The van der Waals surface area contributed by atoms with E-state index in [-0.39, 0.29) is 11.9 Å². The fraction of sp³-hybridized carbons (Fsp3) is 0.357. The third-order valence-electron chi connectivity index (χ3n) is 3.14. The highest BCUT2D eigenvalue weighted by atomic mass is 16.5.